The average molecular weight is 468 g/mol. The second-order valence-electron chi connectivity index (χ2n) is 9.24. The summed E-state index contributed by atoms with van der Waals surface area (Å²) >= 11 is 0. The molecule has 3 aromatic carbocycles. The number of hydrogen-bond acceptors (Lipinski definition) is 3. The van der Waals surface area contributed by atoms with E-state index in [4.69, 9.17) is 4.98 Å². The number of unbranched alkanes of at least 4 members (excludes halogenated alkanes) is 1. The first-order valence-electron chi connectivity index (χ1n) is 12.3. The third-order valence-electron chi connectivity index (χ3n) is 6.78. The maximum Gasteiger partial charge on any atom is 0.266 e. The van der Waals surface area contributed by atoms with Crippen molar-refractivity contribution in [2.24, 2.45) is 0 Å². The number of aryl methyl sites for hydroxylation is 3. The third kappa shape index (κ3) is 4.76. The van der Waals surface area contributed by atoms with E-state index in [1.807, 2.05) is 92.4 Å². The normalized spacial score (nSPS) is 12.0. The standard InChI is InChI=1S/C30H33N3O2/c1-6-7-18-32(29(34)25-13-9-8-12-21(25)3)23(5)28-31-27-15-11-10-14-26(27)30(35)33(28)24-17-16-20(2)22(4)19-24/h8-17,19,23H,6-7,18H2,1-5H3. The van der Waals surface area contributed by atoms with Gasteiger partial charge in [-0.15, -0.1) is 0 Å². The highest BCUT2D eigenvalue weighted by atomic mass is 16.2. The number of para-hydroxylation sites is 1. The average Bonchev–Trinajstić information content (AvgIpc) is 2.86. The molecule has 0 radical (unpaired) electrons. The molecule has 35 heavy (non-hydrogen) atoms. The van der Waals surface area contributed by atoms with Crippen molar-refractivity contribution in [3.8, 4) is 5.69 Å². The Hall–Kier alpha value is -3.73. The van der Waals surface area contributed by atoms with Gasteiger partial charge in [0.1, 0.15) is 5.82 Å². The van der Waals surface area contributed by atoms with Gasteiger partial charge in [0.25, 0.3) is 11.5 Å². The summed E-state index contributed by atoms with van der Waals surface area (Å²) in [6.07, 6.45) is 1.82. The lowest BCUT2D eigenvalue weighted by Gasteiger charge is -2.31. The summed E-state index contributed by atoms with van der Waals surface area (Å²) in [7, 11) is 0. The van der Waals surface area contributed by atoms with Gasteiger partial charge >= 0.3 is 0 Å². The van der Waals surface area contributed by atoms with Crippen molar-refractivity contribution in [1.29, 1.82) is 0 Å². The van der Waals surface area contributed by atoms with Gasteiger partial charge in [0.05, 0.1) is 22.6 Å². The minimum Gasteiger partial charge on any atom is -0.329 e. The van der Waals surface area contributed by atoms with E-state index in [9.17, 15) is 9.59 Å². The van der Waals surface area contributed by atoms with Crippen LogP contribution in [0.5, 0.6) is 0 Å². The van der Waals surface area contributed by atoms with Crippen LogP contribution in [-0.4, -0.2) is 26.9 Å². The Morgan fingerprint density at radius 2 is 1.66 bits per heavy atom. The molecule has 4 aromatic rings. The van der Waals surface area contributed by atoms with E-state index in [-0.39, 0.29) is 11.5 Å². The highest BCUT2D eigenvalue weighted by Gasteiger charge is 2.28. The lowest BCUT2D eigenvalue weighted by Crippen LogP contribution is -2.38. The predicted molar refractivity (Wildman–Crippen MR) is 142 cm³/mol. The van der Waals surface area contributed by atoms with Crippen LogP contribution in [0.25, 0.3) is 16.6 Å². The zero-order chi connectivity index (χ0) is 25.1. The summed E-state index contributed by atoms with van der Waals surface area (Å²) in [5.41, 5.74) is 5.14. The molecule has 0 aliphatic rings. The fraction of sp³-hybridized carbons (Fsp3) is 0.300. The maximum atomic E-state index is 13.8. The van der Waals surface area contributed by atoms with Gasteiger partial charge in [-0.3, -0.25) is 14.2 Å². The SMILES string of the molecule is CCCCN(C(=O)c1ccccc1C)C(C)c1nc2ccccc2c(=O)n1-c1ccc(C)c(C)c1. The van der Waals surface area contributed by atoms with Crippen LogP contribution >= 0.6 is 0 Å². The molecule has 0 aliphatic carbocycles. The van der Waals surface area contributed by atoms with E-state index >= 15 is 0 Å². The van der Waals surface area contributed by atoms with Gasteiger partial charge in [0.15, 0.2) is 0 Å². The predicted octanol–water partition coefficient (Wildman–Crippen LogP) is 6.31. The lowest BCUT2D eigenvalue weighted by atomic mass is 10.1. The van der Waals surface area contributed by atoms with E-state index in [1.165, 1.54) is 0 Å². The molecule has 0 bridgehead atoms. The van der Waals surface area contributed by atoms with E-state index in [1.54, 1.807) is 4.57 Å². The molecule has 0 saturated carbocycles. The summed E-state index contributed by atoms with van der Waals surface area (Å²) in [6.45, 7) is 10.7. The molecule has 0 spiro atoms. The fourth-order valence-corrected chi connectivity index (χ4v) is 4.45. The van der Waals surface area contributed by atoms with Crippen LogP contribution in [0.4, 0.5) is 0 Å². The van der Waals surface area contributed by atoms with Crippen LogP contribution in [0.1, 0.15) is 65.6 Å². The van der Waals surface area contributed by atoms with E-state index in [2.05, 4.69) is 13.8 Å². The molecule has 180 valence electrons. The fourth-order valence-electron chi connectivity index (χ4n) is 4.45. The Kier molecular flexibility index (Phi) is 7.15. The van der Waals surface area contributed by atoms with Crippen LogP contribution in [0.2, 0.25) is 0 Å². The molecule has 0 N–H and O–H groups in total. The Morgan fingerprint density at radius 3 is 2.37 bits per heavy atom. The molecule has 1 atom stereocenters. The van der Waals surface area contributed by atoms with Gasteiger partial charge in [0.2, 0.25) is 0 Å². The smallest absolute Gasteiger partial charge is 0.266 e. The summed E-state index contributed by atoms with van der Waals surface area (Å²) in [6, 6.07) is 20.6. The van der Waals surface area contributed by atoms with E-state index < -0.39 is 6.04 Å². The van der Waals surface area contributed by atoms with Crippen molar-refractivity contribution in [3.05, 3.63) is 105 Å². The largest absolute Gasteiger partial charge is 0.329 e. The Morgan fingerprint density at radius 1 is 0.943 bits per heavy atom. The number of nitrogens with zero attached hydrogens (tertiary/aromatic N) is 3. The van der Waals surface area contributed by atoms with Crippen molar-refractivity contribution < 1.29 is 4.79 Å². The molecule has 5 heteroatoms. The number of amides is 1. The highest BCUT2D eigenvalue weighted by Crippen LogP contribution is 2.26. The molecular weight excluding hydrogens is 434 g/mol. The minimum atomic E-state index is -0.410. The van der Waals surface area contributed by atoms with Crippen LogP contribution in [-0.2, 0) is 0 Å². The Labute approximate surface area is 207 Å². The first-order valence-corrected chi connectivity index (χ1v) is 12.3. The monoisotopic (exact) mass is 467 g/mol. The van der Waals surface area contributed by atoms with Gasteiger partial charge in [-0.1, -0.05) is 49.7 Å². The third-order valence-corrected chi connectivity index (χ3v) is 6.78. The second kappa shape index (κ2) is 10.3. The van der Waals surface area contributed by atoms with Gasteiger partial charge in [-0.25, -0.2) is 4.98 Å². The molecule has 1 aromatic heterocycles. The number of rotatable bonds is 7. The molecule has 1 heterocycles. The first-order chi connectivity index (χ1) is 16.8. The number of carbonyl (C=O) groups is 1. The van der Waals surface area contributed by atoms with Crippen molar-refractivity contribution in [2.45, 2.75) is 53.5 Å². The van der Waals surface area contributed by atoms with Crippen molar-refractivity contribution >= 4 is 16.8 Å². The van der Waals surface area contributed by atoms with Gasteiger partial charge in [0, 0.05) is 12.1 Å². The van der Waals surface area contributed by atoms with Crippen LogP contribution in [0.15, 0.2) is 71.5 Å². The summed E-state index contributed by atoms with van der Waals surface area (Å²) < 4.78 is 1.68. The molecule has 4 rings (SSSR count). The topological polar surface area (TPSA) is 55.2 Å². The van der Waals surface area contributed by atoms with E-state index in [0.29, 0.717) is 28.8 Å². The lowest BCUT2D eigenvalue weighted by molar-refractivity contribution is 0.0677. The zero-order valence-corrected chi connectivity index (χ0v) is 21.2. The quantitative estimate of drug-likeness (QED) is 0.320. The number of hydrogen-bond donors (Lipinski definition) is 0. The van der Waals surface area contributed by atoms with Gasteiger partial charge < -0.3 is 4.90 Å². The summed E-state index contributed by atoms with van der Waals surface area (Å²) in [5.74, 6) is 0.521. The Bertz CT molecular complexity index is 1440. The number of aromatic nitrogens is 2. The number of fused-ring (bicyclic) bond motifs is 1. The molecule has 5 nitrogen and oxygen atoms in total. The van der Waals surface area contributed by atoms with Crippen molar-refractivity contribution in [1.82, 2.24) is 14.5 Å². The van der Waals surface area contributed by atoms with Gasteiger partial charge in [-0.2, -0.15) is 0 Å². The van der Waals surface area contributed by atoms with Crippen LogP contribution in [0, 0.1) is 20.8 Å². The second-order valence-corrected chi connectivity index (χ2v) is 9.24. The molecule has 1 amide bonds. The molecule has 0 saturated heterocycles. The zero-order valence-electron chi connectivity index (χ0n) is 21.2. The van der Waals surface area contributed by atoms with Crippen molar-refractivity contribution in [3.63, 3.8) is 0 Å². The van der Waals surface area contributed by atoms with Crippen LogP contribution in [0.3, 0.4) is 0 Å². The molecular formula is C30H33N3O2. The molecule has 1 unspecified atom stereocenters. The molecule has 0 aliphatic heterocycles. The van der Waals surface area contributed by atoms with Crippen LogP contribution < -0.4 is 5.56 Å². The minimum absolute atomic E-state index is 0.0434. The van der Waals surface area contributed by atoms with E-state index in [0.717, 1.165) is 35.2 Å². The number of carbonyl (C=O) groups excluding carboxylic acids is 1. The van der Waals surface area contributed by atoms with Gasteiger partial charge in [-0.05, 0) is 81.1 Å². The molecule has 0 fully saturated rings. The first kappa shape index (κ1) is 24.4. The summed E-state index contributed by atoms with van der Waals surface area (Å²) in [4.78, 5) is 34.4. The highest BCUT2D eigenvalue weighted by molar-refractivity contribution is 5.96. The van der Waals surface area contributed by atoms with Crippen molar-refractivity contribution in [2.75, 3.05) is 6.54 Å². The Balaban J connectivity index is 1.93. The summed E-state index contributed by atoms with van der Waals surface area (Å²) in [5, 5.41) is 0.562. The number of benzene rings is 3. The maximum absolute atomic E-state index is 13.8.